The monoisotopic (exact) mass is 406 g/mol. The van der Waals surface area contributed by atoms with Gasteiger partial charge in [0.2, 0.25) is 0 Å². The molecule has 3 heteroatoms. The molecule has 0 bridgehead atoms. The first-order valence-electron chi connectivity index (χ1n) is 10.3. The van der Waals surface area contributed by atoms with Crippen LogP contribution in [0.15, 0.2) is 99.6 Å². The van der Waals surface area contributed by atoms with E-state index in [1.165, 1.54) is 39.5 Å². The van der Waals surface area contributed by atoms with Crippen LogP contribution in [-0.4, -0.2) is 5.97 Å². The Labute approximate surface area is 178 Å². The number of hydrogen-bond donors (Lipinski definition) is 0. The van der Waals surface area contributed by atoms with Gasteiger partial charge in [-0.2, -0.15) is 0 Å². The Morgan fingerprint density at radius 2 is 1.21 bits per heavy atom. The molecule has 29 heavy (non-hydrogen) atoms. The number of carbonyl (C=O) groups is 1. The molecule has 0 radical (unpaired) electrons. The Morgan fingerprint density at radius 1 is 0.724 bits per heavy atom. The number of hydrogen-bond acceptors (Lipinski definition) is 2. The average molecular weight is 407 g/mol. The highest BCUT2D eigenvalue weighted by Crippen LogP contribution is 2.31. The first-order chi connectivity index (χ1) is 14.2. The van der Waals surface area contributed by atoms with Gasteiger partial charge in [-0.05, 0) is 61.2 Å². The normalized spacial score (nSPS) is 10.3. The number of carboxylic acids is 1. The minimum Gasteiger partial charge on any atom is -0.550 e. The molecule has 0 aliphatic carbocycles. The second-order valence-corrected chi connectivity index (χ2v) is 8.83. The Balaban J connectivity index is 0.000000438. The fourth-order valence-electron chi connectivity index (χ4n) is 2.90. The molecule has 0 N–H and O–H groups in total. The highest BCUT2D eigenvalue weighted by atomic mass is 32.2. The van der Waals surface area contributed by atoms with Crippen molar-refractivity contribution in [3.05, 3.63) is 90.5 Å². The summed E-state index contributed by atoms with van der Waals surface area (Å²) in [6, 6.07) is 30.9. The number of unbranched alkanes of at least 4 members (excludes halogenated alkanes) is 1. The molecule has 0 amide bonds. The molecule has 3 rings (SSSR count). The van der Waals surface area contributed by atoms with Crippen LogP contribution in [0, 0.1) is 0 Å². The number of carbonyl (C=O) groups excluding carboxylic acids is 1. The van der Waals surface area contributed by atoms with Gasteiger partial charge in [-0.3, -0.25) is 0 Å². The van der Waals surface area contributed by atoms with Gasteiger partial charge in [0.1, 0.15) is 0 Å². The van der Waals surface area contributed by atoms with Crippen molar-refractivity contribution in [2.45, 2.75) is 60.6 Å². The van der Waals surface area contributed by atoms with Crippen LogP contribution in [0.4, 0.5) is 0 Å². The predicted molar refractivity (Wildman–Crippen MR) is 120 cm³/mol. The molecule has 3 aromatic rings. The van der Waals surface area contributed by atoms with Crippen molar-refractivity contribution in [3.63, 3.8) is 0 Å². The lowest BCUT2D eigenvalue weighted by Gasteiger charge is -2.08. The van der Waals surface area contributed by atoms with Gasteiger partial charge < -0.3 is 9.90 Å². The third-order valence-electron chi connectivity index (χ3n) is 4.39. The third-order valence-corrected chi connectivity index (χ3v) is 6.62. The van der Waals surface area contributed by atoms with E-state index in [0.29, 0.717) is 6.42 Å². The molecule has 0 saturated carbocycles. The molecule has 0 aliphatic rings. The van der Waals surface area contributed by atoms with Gasteiger partial charge in [0.05, 0.1) is 10.9 Å². The maximum Gasteiger partial charge on any atom is 0.166 e. The topological polar surface area (TPSA) is 40.1 Å². The van der Waals surface area contributed by atoms with Crippen molar-refractivity contribution >= 4 is 16.9 Å². The van der Waals surface area contributed by atoms with Crippen LogP contribution in [0.5, 0.6) is 0 Å². The van der Waals surface area contributed by atoms with Gasteiger partial charge in [-0.1, -0.05) is 75.2 Å². The highest BCUT2D eigenvalue weighted by Gasteiger charge is 2.27. The molecule has 0 aromatic heterocycles. The minimum atomic E-state index is -0.961. The largest absolute Gasteiger partial charge is 0.550 e. The second-order valence-electron chi connectivity index (χ2n) is 6.80. The summed E-state index contributed by atoms with van der Waals surface area (Å²) < 4.78 is 0. The number of aryl methyl sites for hydroxylation is 1. The number of aliphatic carboxylic acids is 1. The summed E-state index contributed by atoms with van der Waals surface area (Å²) in [6.45, 7) is 4.05. The molecule has 0 spiro atoms. The SMILES string of the molecule is CCCC(=O)[O-].CCCCc1ccc([S+](c2ccccc2)c2ccccc2)cc1. The van der Waals surface area contributed by atoms with Crippen molar-refractivity contribution in [3.8, 4) is 0 Å². The zero-order valence-electron chi connectivity index (χ0n) is 17.3. The van der Waals surface area contributed by atoms with Gasteiger partial charge in [-0.15, -0.1) is 0 Å². The van der Waals surface area contributed by atoms with Crippen molar-refractivity contribution in [1.82, 2.24) is 0 Å². The number of rotatable bonds is 8. The zero-order chi connectivity index (χ0) is 20.9. The van der Waals surface area contributed by atoms with E-state index in [-0.39, 0.29) is 17.3 Å². The lowest BCUT2D eigenvalue weighted by molar-refractivity contribution is -0.305. The second kappa shape index (κ2) is 12.8. The van der Waals surface area contributed by atoms with E-state index in [2.05, 4.69) is 91.9 Å². The van der Waals surface area contributed by atoms with Crippen molar-refractivity contribution in [1.29, 1.82) is 0 Å². The third kappa shape index (κ3) is 7.78. The molecule has 3 aromatic carbocycles. The summed E-state index contributed by atoms with van der Waals surface area (Å²) in [5.41, 5.74) is 1.44. The summed E-state index contributed by atoms with van der Waals surface area (Å²) in [7, 11) is -0.0286. The van der Waals surface area contributed by atoms with Crippen LogP contribution in [0.2, 0.25) is 0 Å². The van der Waals surface area contributed by atoms with E-state index >= 15 is 0 Å². The number of benzene rings is 3. The molecular weight excluding hydrogens is 376 g/mol. The number of carboxylic acid groups (broad SMARTS) is 1. The molecule has 152 valence electrons. The fourth-order valence-corrected chi connectivity index (χ4v) is 4.98. The van der Waals surface area contributed by atoms with Crippen LogP contribution in [-0.2, 0) is 22.1 Å². The van der Waals surface area contributed by atoms with Crippen LogP contribution in [0.25, 0.3) is 0 Å². The molecule has 0 saturated heterocycles. The maximum atomic E-state index is 9.49. The Hall–Kier alpha value is -2.52. The average Bonchev–Trinajstić information content (AvgIpc) is 2.75. The summed E-state index contributed by atoms with van der Waals surface area (Å²) in [5, 5.41) is 9.49. The lowest BCUT2D eigenvalue weighted by Crippen LogP contribution is -2.20. The molecule has 0 atom stereocenters. The summed E-state index contributed by atoms with van der Waals surface area (Å²) in [5.74, 6) is -0.961. The van der Waals surface area contributed by atoms with E-state index in [9.17, 15) is 9.90 Å². The zero-order valence-corrected chi connectivity index (χ0v) is 18.2. The first-order valence-corrected chi connectivity index (χ1v) is 11.5. The maximum absolute atomic E-state index is 9.49. The van der Waals surface area contributed by atoms with Gasteiger partial charge in [0.15, 0.2) is 14.7 Å². The Morgan fingerprint density at radius 3 is 1.59 bits per heavy atom. The van der Waals surface area contributed by atoms with Gasteiger partial charge in [-0.25, -0.2) is 0 Å². The standard InChI is InChI=1S/C22H23S.C4H8O2/c1-2-3-10-19-15-17-22(18-16-19)23(20-11-6-4-7-12-20)21-13-8-5-9-14-21;1-2-3-4(5)6/h4-9,11-18H,2-3,10H2,1H3;2-3H2,1H3,(H,5,6)/q+1;/p-1. The Bertz CT molecular complexity index is 790. The lowest BCUT2D eigenvalue weighted by atomic mass is 10.1. The van der Waals surface area contributed by atoms with Crippen LogP contribution in [0.1, 0.15) is 45.1 Å². The van der Waals surface area contributed by atoms with Crippen molar-refractivity contribution in [2.75, 3.05) is 0 Å². The molecular formula is C26H30O2S. The first kappa shape index (κ1) is 22.8. The summed E-state index contributed by atoms with van der Waals surface area (Å²) in [4.78, 5) is 13.6. The molecule has 0 aliphatic heterocycles. The van der Waals surface area contributed by atoms with Crippen LogP contribution in [0.3, 0.4) is 0 Å². The van der Waals surface area contributed by atoms with Gasteiger partial charge >= 0.3 is 0 Å². The van der Waals surface area contributed by atoms with E-state index < -0.39 is 5.97 Å². The predicted octanol–water partition coefficient (Wildman–Crippen LogP) is 5.66. The van der Waals surface area contributed by atoms with E-state index in [1.54, 1.807) is 6.92 Å². The van der Waals surface area contributed by atoms with Crippen LogP contribution < -0.4 is 5.11 Å². The van der Waals surface area contributed by atoms with E-state index in [4.69, 9.17) is 0 Å². The van der Waals surface area contributed by atoms with Crippen molar-refractivity contribution < 1.29 is 9.90 Å². The molecule has 0 heterocycles. The fraction of sp³-hybridized carbons (Fsp3) is 0.269. The minimum absolute atomic E-state index is 0.0286. The quantitative estimate of drug-likeness (QED) is 0.453. The highest BCUT2D eigenvalue weighted by molar-refractivity contribution is 7.97. The molecule has 2 nitrogen and oxygen atoms in total. The Kier molecular flexibility index (Phi) is 10.1. The van der Waals surface area contributed by atoms with E-state index in [0.717, 1.165) is 0 Å². The van der Waals surface area contributed by atoms with Crippen LogP contribution >= 0.6 is 0 Å². The summed E-state index contributed by atoms with van der Waals surface area (Å²) >= 11 is 0. The van der Waals surface area contributed by atoms with E-state index in [1.807, 2.05) is 0 Å². The summed E-state index contributed by atoms with van der Waals surface area (Å²) in [6.07, 6.45) is 4.55. The molecule has 0 fully saturated rings. The molecule has 0 unspecified atom stereocenters. The van der Waals surface area contributed by atoms with Gasteiger partial charge in [0, 0.05) is 5.97 Å². The smallest absolute Gasteiger partial charge is 0.166 e. The van der Waals surface area contributed by atoms with Crippen molar-refractivity contribution in [2.24, 2.45) is 0 Å². The van der Waals surface area contributed by atoms with Gasteiger partial charge in [0.25, 0.3) is 0 Å².